The van der Waals surface area contributed by atoms with E-state index in [4.69, 9.17) is 61.6 Å². The Kier molecular flexibility index (Phi) is 31.1. The normalized spacial score (nSPS) is 20.4. The summed E-state index contributed by atoms with van der Waals surface area (Å²) in [7, 11) is 0. The van der Waals surface area contributed by atoms with Crippen molar-refractivity contribution in [2.45, 2.75) is 100 Å². The number of rotatable bonds is 43. The highest BCUT2D eigenvalue weighted by Crippen LogP contribution is 2.29. The van der Waals surface area contributed by atoms with Crippen molar-refractivity contribution in [1.82, 2.24) is 55.2 Å². The molecule has 92 heavy (non-hydrogen) atoms. The number of alkyl carbamates (subject to hydrolysis) is 1. The van der Waals surface area contributed by atoms with Crippen LogP contribution in [0.1, 0.15) is 28.3 Å². The maximum absolute atomic E-state index is 13.0. The highest BCUT2D eigenvalue weighted by Gasteiger charge is 2.41. The van der Waals surface area contributed by atoms with E-state index in [2.05, 4.69) is 56.5 Å². The zero-order valence-corrected chi connectivity index (χ0v) is 50.0. The summed E-state index contributed by atoms with van der Waals surface area (Å²) in [5, 5.41) is 66.6. The van der Waals surface area contributed by atoms with Crippen LogP contribution in [0.4, 0.5) is 43.0 Å². The third-order valence-corrected chi connectivity index (χ3v) is 13.4. The number of carbonyl (C=O) groups is 1. The van der Waals surface area contributed by atoms with Crippen LogP contribution >= 0.6 is 0 Å². The third kappa shape index (κ3) is 26.5. The van der Waals surface area contributed by atoms with Gasteiger partial charge in [-0.25, -0.2) is 34.1 Å². The molecular formula is C55H77F6N13O18. The summed E-state index contributed by atoms with van der Waals surface area (Å²) in [5.41, 5.74) is -0.403. The van der Waals surface area contributed by atoms with Crippen molar-refractivity contribution < 1.29 is 113 Å². The van der Waals surface area contributed by atoms with Crippen molar-refractivity contribution in [1.29, 1.82) is 0 Å². The molecule has 512 valence electrons. The van der Waals surface area contributed by atoms with Crippen molar-refractivity contribution in [3.63, 3.8) is 0 Å². The molecule has 1 aromatic carbocycles. The van der Waals surface area contributed by atoms with Crippen LogP contribution in [0.2, 0.25) is 0 Å². The number of carbonyl (C=O) groups excluding carboxylic acids is 1. The lowest BCUT2D eigenvalue weighted by Gasteiger charge is -2.37. The monoisotopic (exact) mass is 1320 g/mol. The quantitative estimate of drug-likeness (QED) is 0.0210. The second-order valence-corrected chi connectivity index (χ2v) is 20.4. The molecule has 4 aromatic heterocycles. The van der Waals surface area contributed by atoms with Crippen molar-refractivity contribution in [3.05, 3.63) is 95.6 Å². The van der Waals surface area contributed by atoms with Gasteiger partial charge in [0.25, 0.3) is 0 Å². The maximum Gasteiger partial charge on any atom is 0.433 e. The molecule has 31 nitrogen and oxygen atoms in total. The fourth-order valence-electron chi connectivity index (χ4n) is 8.55. The number of aliphatic hydroxyl groups excluding tert-OH is 4. The van der Waals surface area contributed by atoms with Gasteiger partial charge in [-0.3, -0.25) is 0 Å². The molecule has 5 aromatic rings. The number of anilines is 2. The minimum Gasteiger partial charge on any atom is -0.445 e. The van der Waals surface area contributed by atoms with Crippen LogP contribution < -0.4 is 16.0 Å². The number of nitrogens with zero attached hydrogens (tertiary/aromatic N) is 10. The fourth-order valence-corrected chi connectivity index (χ4v) is 8.55. The summed E-state index contributed by atoms with van der Waals surface area (Å²) in [6, 6.07) is 8.12. The molecule has 7 N–H and O–H groups in total. The number of hydrogen-bond donors (Lipinski definition) is 7. The van der Waals surface area contributed by atoms with Crippen LogP contribution in [0.15, 0.2) is 67.3 Å². The van der Waals surface area contributed by atoms with E-state index in [1.54, 1.807) is 21.8 Å². The first kappa shape index (κ1) is 72.9. The van der Waals surface area contributed by atoms with Gasteiger partial charge in [-0.05, 0) is 17.7 Å². The molecule has 2 aliphatic heterocycles. The molecular weight excluding hydrogens is 1240 g/mol. The third-order valence-electron chi connectivity index (χ3n) is 13.4. The van der Waals surface area contributed by atoms with Gasteiger partial charge in [0.1, 0.15) is 66.0 Å². The fraction of sp³-hybridized carbons (Fsp3) is 0.655. The van der Waals surface area contributed by atoms with Gasteiger partial charge in [0.05, 0.1) is 189 Å². The molecule has 8 atom stereocenters. The molecule has 0 aliphatic carbocycles. The molecule has 2 saturated heterocycles. The highest BCUT2D eigenvalue weighted by atomic mass is 19.4. The van der Waals surface area contributed by atoms with Crippen molar-refractivity contribution in [2.24, 2.45) is 0 Å². The van der Waals surface area contributed by atoms with Crippen LogP contribution in [-0.2, 0) is 107 Å². The first-order valence-electron chi connectivity index (χ1n) is 29.3. The molecule has 1 amide bonds. The van der Waals surface area contributed by atoms with E-state index in [9.17, 15) is 51.6 Å². The van der Waals surface area contributed by atoms with Gasteiger partial charge in [-0.1, -0.05) is 40.8 Å². The largest absolute Gasteiger partial charge is 0.445 e. The van der Waals surface area contributed by atoms with Crippen molar-refractivity contribution in [2.75, 3.05) is 143 Å². The van der Waals surface area contributed by atoms with Gasteiger partial charge in [-0.15, -0.1) is 10.2 Å². The Labute approximate surface area is 523 Å². The van der Waals surface area contributed by atoms with E-state index in [0.29, 0.717) is 77.3 Å². The van der Waals surface area contributed by atoms with Crippen LogP contribution in [0, 0.1) is 0 Å². The molecule has 7 rings (SSSR count). The zero-order valence-electron chi connectivity index (χ0n) is 50.0. The number of halogens is 6. The molecule has 2 aliphatic rings. The molecule has 37 heteroatoms. The predicted octanol–water partition coefficient (Wildman–Crippen LogP) is 0.851. The van der Waals surface area contributed by atoms with E-state index in [-0.39, 0.29) is 111 Å². The van der Waals surface area contributed by atoms with E-state index < -0.39 is 84.6 Å². The predicted molar refractivity (Wildman–Crippen MR) is 302 cm³/mol. The Morgan fingerprint density at radius 3 is 1.35 bits per heavy atom. The van der Waals surface area contributed by atoms with E-state index >= 15 is 0 Å². The number of nitrogens with one attached hydrogen (secondary N) is 3. The van der Waals surface area contributed by atoms with Gasteiger partial charge in [0, 0.05) is 12.4 Å². The Morgan fingerprint density at radius 1 is 0.533 bits per heavy atom. The smallest absolute Gasteiger partial charge is 0.433 e. The molecule has 0 bridgehead atoms. The van der Waals surface area contributed by atoms with Crippen LogP contribution in [0.25, 0.3) is 0 Å². The minimum atomic E-state index is -4.67. The van der Waals surface area contributed by atoms with Crippen LogP contribution in [0.3, 0.4) is 0 Å². The Hall–Kier alpha value is -6.53. The summed E-state index contributed by atoms with van der Waals surface area (Å²) in [5.74, 6) is -0.731. The first-order chi connectivity index (χ1) is 44.5. The molecule has 0 radical (unpaired) electrons. The maximum atomic E-state index is 13.0. The van der Waals surface area contributed by atoms with Gasteiger partial charge < -0.3 is 98.0 Å². The summed E-state index contributed by atoms with van der Waals surface area (Å²) in [4.78, 5) is 27.1. The number of benzene rings is 1. The number of alkyl halides is 6. The van der Waals surface area contributed by atoms with Crippen LogP contribution in [0.5, 0.6) is 0 Å². The first-order valence-corrected chi connectivity index (χ1v) is 29.3. The van der Waals surface area contributed by atoms with E-state index in [1.165, 1.54) is 0 Å². The van der Waals surface area contributed by atoms with Crippen molar-refractivity contribution in [3.8, 4) is 0 Å². The lowest BCUT2D eigenvalue weighted by molar-refractivity contribution is -0.161. The Morgan fingerprint density at radius 2 is 0.935 bits per heavy atom. The number of aromatic nitrogens is 10. The number of amides is 1. The highest BCUT2D eigenvalue weighted by molar-refractivity contribution is 5.67. The molecule has 0 unspecified atom stereocenters. The number of hydrogen-bond acceptors (Lipinski definition) is 28. The topological polar surface area (TPSA) is 367 Å². The average Bonchev–Trinajstić information content (AvgIpc) is 1.26. The summed E-state index contributed by atoms with van der Waals surface area (Å²) in [6.45, 7) is 4.58. The van der Waals surface area contributed by atoms with Crippen molar-refractivity contribution >= 4 is 18.0 Å². The van der Waals surface area contributed by atoms with Gasteiger partial charge in [0.2, 0.25) is 11.9 Å². The molecule has 2 fully saturated rings. The Bertz CT molecular complexity index is 2690. The second-order valence-electron chi connectivity index (χ2n) is 20.4. The van der Waals surface area contributed by atoms with Gasteiger partial charge >= 0.3 is 18.4 Å². The second kappa shape index (κ2) is 39.2. The summed E-state index contributed by atoms with van der Waals surface area (Å²) < 4.78 is 154. The lowest BCUT2D eigenvalue weighted by Crippen LogP contribution is -2.57. The van der Waals surface area contributed by atoms with Gasteiger partial charge in [-0.2, -0.15) is 26.3 Å². The lowest BCUT2D eigenvalue weighted by atomic mass is 9.98. The molecule has 0 spiro atoms. The number of aliphatic hydroxyl groups is 4. The Balaban J connectivity index is 0.668. The van der Waals surface area contributed by atoms with E-state index in [1.807, 2.05) is 30.3 Å². The average molecular weight is 1320 g/mol. The van der Waals surface area contributed by atoms with E-state index in [0.717, 1.165) is 30.1 Å². The summed E-state index contributed by atoms with van der Waals surface area (Å²) >= 11 is 0. The standard InChI is InChI=1S/C55H77F6N13O18/c56-54(57,58)45-6-8-62-51(67-45)65-41-33-90-43(49(77)47(41)75)35-86-24-22-84-20-18-82-16-14-80-12-10-73-26-38(69-71-73)29-88-31-40(64-53(79)92-28-37-4-2-1-3-5-37)32-89-30-39-27-74(72-70-39)11-13-81-15-17-83-19-21-85-23-25-87-36-44-50(78)48(76)42(34-91-44)66-52-63-9-7-46(68-52)55(59,60)61/h1-9,26-27,40-44,47-50,75-78H,10-25,28-36H2,(H,64,79)(H,62,65,67)(H,63,66,68)/t41-,42-,43+,44+,47+,48+,49-,50-/m0/s1. The van der Waals surface area contributed by atoms with Crippen LogP contribution in [-0.4, -0.2) is 263 Å². The van der Waals surface area contributed by atoms with Gasteiger partial charge in [0.15, 0.2) is 0 Å². The molecule has 0 saturated carbocycles. The summed E-state index contributed by atoms with van der Waals surface area (Å²) in [6.07, 6.45) is -12.0. The SMILES string of the molecule is O=C(NC(COCc1cn(CCOCCOCCOCCOC[C@H]2OC[C@H](Nc3nccc(C(F)(F)F)n3)[C@@H](O)[C@H]2O)nn1)COCc1cn(CCOCCOCCOCCOC[C@H]2OC[C@H](Nc3nccc(C(F)(F)F)n3)[C@@H](O)[C@H]2O)nn1)OCc1ccccc1. The number of ether oxygens (including phenoxy) is 13. The minimum absolute atomic E-state index is 0.0476. The zero-order chi connectivity index (χ0) is 65.4. The molecule has 6 heterocycles.